The maximum absolute atomic E-state index is 12.7. The van der Waals surface area contributed by atoms with Crippen LogP contribution < -0.4 is 0 Å². The largest absolute Gasteiger partial charge is 0.466 e. The van der Waals surface area contributed by atoms with Crippen LogP contribution in [0.2, 0.25) is 0 Å². The van der Waals surface area contributed by atoms with Crippen LogP contribution in [0.3, 0.4) is 0 Å². The highest BCUT2D eigenvalue weighted by atomic mass is 16.3. The Labute approximate surface area is 117 Å². The van der Waals surface area contributed by atoms with Gasteiger partial charge in [-0.1, -0.05) is 6.07 Å². The summed E-state index contributed by atoms with van der Waals surface area (Å²) in [7, 11) is 0. The van der Waals surface area contributed by atoms with Gasteiger partial charge in [-0.3, -0.25) is 9.78 Å². The number of pyridine rings is 1. The van der Waals surface area contributed by atoms with E-state index in [0.29, 0.717) is 16.9 Å². The van der Waals surface area contributed by atoms with Gasteiger partial charge in [-0.15, -0.1) is 0 Å². The maximum Gasteiger partial charge on any atom is 0.196 e. The normalized spacial score (nSPS) is 10.9. The van der Waals surface area contributed by atoms with Gasteiger partial charge in [0.05, 0.1) is 11.1 Å². The smallest absolute Gasteiger partial charge is 0.196 e. The molecule has 0 N–H and O–H groups in total. The zero-order valence-corrected chi connectivity index (χ0v) is 11.7. The fraction of sp³-hybridized carbons (Fsp3) is 0.176. The third-order valence-electron chi connectivity index (χ3n) is 3.65. The predicted octanol–water partition coefficient (Wildman–Crippen LogP) is 3.98. The molecule has 0 fully saturated rings. The minimum Gasteiger partial charge on any atom is -0.466 e. The van der Waals surface area contributed by atoms with Crippen LogP contribution in [0.5, 0.6) is 0 Å². The van der Waals surface area contributed by atoms with Crippen LogP contribution in [0.15, 0.2) is 40.9 Å². The van der Waals surface area contributed by atoms with Crippen molar-refractivity contribution in [3.63, 3.8) is 0 Å². The van der Waals surface area contributed by atoms with E-state index in [2.05, 4.69) is 4.98 Å². The molecule has 3 rings (SSSR count). The lowest BCUT2D eigenvalue weighted by Gasteiger charge is -2.03. The molecule has 0 amide bonds. The molecule has 2 aromatic heterocycles. The highest BCUT2D eigenvalue weighted by Gasteiger charge is 2.20. The highest BCUT2D eigenvalue weighted by Crippen LogP contribution is 2.25. The van der Waals surface area contributed by atoms with Crippen LogP contribution in [-0.2, 0) is 0 Å². The summed E-state index contributed by atoms with van der Waals surface area (Å²) in [6, 6.07) is 9.40. The maximum atomic E-state index is 12.7. The van der Waals surface area contributed by atoms with Gasteiger partial charge in [-0.05, 0) is 45.0 Å². The van der Waals surface area contributed by atoms with Crippen molar-refractivity contribution in [1.82, 2.24) is 4.98 Å². The van der Waals surface area contributed by atoms with E-state index in [4.69, 9.17) is 4.42 Å². The number of furan rings is 1. The lowest BCUT2D eigenvalue weighted by Crippen LogP contribution is -2.03. The predicted molar refractivity (Wildman–Crippen MR) is 78.1 cm³/mol. The van der Waals surface area contributed by atoms with Gasteiger partial charge in [0.2, 0.25) is 0 Å². The summed E-state index contributed by atoms with van der Waals surface area (Å²) in [5.74, 6) is 1.48. The summed E-state index contributed by atoms with van der Waals surface area (Å²) < 4.78 is 5.54. The zero-order chi connectivity index (χ0) is 14.3. The van der Waals surface area contributed by atoms with Crippen LogP contribution in [-0.4, -0.2) is 10.8 Å². The topological polar surface area (TPSA) is 43.1 Å². The first-order chi connectivity index (χ1) is 9.58. The summed E-state index contributed by atoms with van der Waals surface area (Å²) in [5, 5.41) is 0.967. The summed E-state index contributed by atoms with van der Waals surface area (Å²) in [6.45, 7) is 5.63. The molecule has 100 valence electrons. The van der Waals surface area contributed by atoms with Crippen LogP contribution in [0.25, 0.3) is 10.9 Å². The van der Waals surface area contributed by atoms with Gasteiger partial charge in [0.1, 0.15) is 11.5 Å². The van der Waals surface area contributed by atoms with E-state index in [1.807, 2.05) is 51.1 Å². The second-order valence-electron chi connectivity index (χ2n) is 4.95. The first-order valence-corrected chi connectivity index (χ1v) is 6.54. The van der Waals surface area contributed by atoms with E-state index in [0.717, 1.165) is 22.2 Å². The van der Waals surface area contributed by atoms with Crippen LogP contribution in [0, 0.1) is 20.8 Å². The monoisotopic (exact) mass is 265 g/mol. The Kier molecular flexibility index (Phi) is 2.90. The van der Waals surface area contributed by atoms with Gasteiger partial charge < -0.3 is 4.42 Å². The first kappa shape index (κ1) is 12.6. The minimum atomic E-state index is 0.00241. The molecule has 0 aliphatic rings. The van der Waals surface area contributed by atoms with Crippen molar-refractivity contribution in [1.29, 1.82) is 0 Å². The molecule has 3 nitrogen and oxygen atoms in total. The van der Waals surface area contributed by atoms with Crippen molar-refractivity contribution in [2.75, 3.05) is 0 Å². The summed E-state index contributed by atoms with van der Waals surface area (Å²) in [5.41, 5.74) is 3.14. The molecule has 3 heteroatoms. The summed E-state index contributed by atoms with van der Waals surface area (Å²) >= 11 is 0. The van der Waals surface area contributed by atoms with Crippen molar-refractivity contribution in [2.24, 2.45) is 0 Å². The Morgan fingerprint density at radius 3 is 2.60 bits per heavy atom. The summed E-state index contributed by atoms with van der Waals surface area (Å²) in [4.78, 5) is 16.9. The Morgan fingerprint density at radius 2 is 1.90 bits per heavy atom. The molecule has 0 radical (unpaired) electrons. The molecule has 0 aliphatic heterocycles. The molecule has 0 saturated carbocycles. The number of hydrogen-bond acceptors (Lipinski definition) is 3. The number of nitrogens with zero attached hydrogens (tertiary/aromatic N) is 1. The van der Waals surface area contributed by atoms with Gasteiger partial charge >= 0.3 is 0 Å². The number of rotatable bonds is 2. The van der Waals surface area contributed by atoms with E-state index in [9.17, 15) is 4.79 Å². The van der Waals surface area contributed by atoms with Crippen molar-refractivity contribution < 1.29 is 9.21 Å². The number of ketones is 1. The fourth-order valence-electron chi connectivity index (χ4n) is 2.49. The van der Waals surface area contributed by atoms with E-state index in [1.165, 1.54) is 0 Å². The molecular weight excluding hydrogens is 250 g/mol. The fourth-order valence-corrected chi connectivity index (χ4v) is 2.49. The molecular formula is C17H15NO2. The van der Waals surface area contributed by atoms with E-state index >= 15 is 0 Å². The molecule has 0 aliphatic carbocycles. The quantitative estimate of drug-likeness (QED) is 0.658. The molecule has 3 aromatic rings. The molecule has 0 atom stereocenters. The summed E-state index contributed by atoms with van der Waals surface area (Å²) in [6.07, 6.45) is 1.75. The van der Waals surface area contributed by atoms with Gasteiger partial charge in [0.25, 0.3) is 0 Å². The molecule has 20 heavy (non-hydrogen) atoms. The van der Waals surface area contributed by atoms with Crippen molar-refractivity contribution in [3.8, 4) is 0 Å². The highest BCUT2D eigenvalue weighted by molar-refractivity contribution is 6.12. The number of benzene rings is 1. The molecule has 2 heterocycles. The van der Waals surface area contributed by atoms with Gasteiger partial charge in [-0.2, -0.15) is 0 Å². The number of carbonyl (C=O) groups is 1. The minimum absolute atomic E-state index is 0.00241. The van der Waals surface area contributed by atoms with E-state index in [-0.39, 0.29) is 5.78 Å². The number of hydrogen-bond donors (Lipinski definition) is 0. The molecule has 0 saturated heterocycles. The second kappa shape index (κ2) is 4.60. The molecule has 0 bridgehead atoms. The third-order valence-corrected chi connectivity index (χ3v) is 3.65. The van der Waals surface area contributed by atoms with Gasteiger partial charge in [-0.25, -0.2) is 0 Å². The van der Waals surface area contributed by atoms with Gasteiger partial charge in [0.15, 0.2) is 5.78 Å². The molecule has 0 spiro atoms. The third kappa shape index (κ3) is 1.92. The Hall–Kier alpha value is -2.42. The average molecular weight is 265 g/mol. The second-order valence-corrected chi connectivity index (χ2v) is 4.95. The Balaban J connectivity index is 2.12. The van der Waals surface area contributed by atoms with Gasteiger partial charge in [0, 0.05) is 22.7 Å². The Morgan fingerprint density at radius 1 is 1.10 bits per heavy atom. The van der Waals surface area contributed by atoms with Crippen molar-refractivity contribution in [2.45, 2.75) is 20.8 Å². The lowest BCUT2D eigenvalue weighted by atomic mass is 9.98. The lowest BCUT2D eigenvalue weighted by molar-refractivity contribution is 0.103. The SMILES string of the molecule is Cc1oc(C)c(C(=O)c2ccc3ncccc3c2)c1C. The van der Waals surface area contributed by atoms with E-state index < -0.39 is 0 Å². The van der Waals surface area contributed by atoms with Crippen LogP contribution >= 0.6 is 0 Å². The van der Waals surface area contributed by atoms with E-state index in [1.54, 1.807) is 6.20 Å². The van der Waals surface area contributed by atoms with Crippen molar-refractivity contribution in [3.05, 3.63) is 64.7 Å². The molecule has 0 unspecified atom stereocenters. The number of aryl methyl sites for hydroxylation is 2. The zero-order valence-electron chi connectivity index (χ0n) is 11.7. The Bertz CT molecular complexity index is 815. The number of aromatic nitrogens is 1. The van der Waals surface area contributed by atoms with Crippen molar-refractivity contribution >= 4 is 16.7 Å². The number of fused-ring (bicyclic) bond motifs is 1. The first-order valence-electron chi connectivity index (χ1n) is 6.54. The van der Waals surface area contributed by atoms with Crippen LogP contribution in [0.1, 0.15) is 33.0 Å². The van der Waals surface area contributed by atoms with Crippen LogP contribution in [0.4, 0.5) is 0 Å². The average Bonchev–Trinajstić information content (AvgIpc) is 2.71. The number of carbonyl (C=O) groups excluding carboxylic acids is 1. The molecule has 1 aromatic carbocycles. The standard InChI is InChI=1S/C17H15NO2/c1-10-11(2)20-12(3)16(10)17(19)14-6-7-15-13(9-14)5-4-8-18-15/h4-9H,1-3H3.